The van der Waals surface area contributed by atoms with Crippen molar-refractivity contribution in [1.29, 1.82) is 0 Å². The minimum Gasteiger partial charge on any atom is -0.508 e. The summed E-state index contributed by atoms with van der Waals surface area (Å²) in [5.74, 6) is -1.41. The topological polar surface area (TPSA) is 57.5 Å². The summed E-state index contributed by atoms with van der Waals surface area (Å²) in [4.78, 5) is 10.8. The van der Waals surface area contributed by atoms with Crippen molar-refractivity contribution in [3.05, 3.63) is 66.0 Å². The van der Waals surface area contributed by atoms with Crippen LogP contribution in [0.5, 0.6) is 5.75 Å². The van der Waals surface area contributed by atoms with Gasteiger partial charge in [0.05, 0.1) is 5.56 Å². The third-order valence-corrected chi connectivity index (χ3v) is 3.35. The molecule has 0 bridgehead atoms. The van der Waals surface area contributed by atoms with Gasteiger partial charge in [-0.25, -0.2) is 9.18 Å². The second-order valence-corrected chi connectivity index (χ2v) is 4.75. The molecule has 0 saturated carbocycles. The number of hydrogen-bond acceptors (Lipinski definition) is 2. The molecule has 3 nitrogen and oxygen atoms in total. The molecular formula is C17H11FO3. The van der Waals surface area contributed by atoms with Gasteiger partial charge in [-0.15, -0.1) is 0 Å². The smallest absolute Gasteiger partial charge is 0.335 e. The highest BCUT2D eigenvalue weighted by molar-refractivity contribution is 5.90. The largest absolute Gasteiger partial charge is 0.508 e. The van der Waals surface area contributed by atoms with Gasteiger partial charge in [-0.3, -0.25) is 0 Å². The van der Waals surface area contributed by atoms with Gasteiger partial charge >= 0.3 is 5.97 Å². The lowest BCUT2D eigenvalue weighted by Gasteiger charge is -2.07. The Bertz CT molecular complexity index is 839. The SMILES string of the molecule is O=C(O)c1ccc(-c2cc(F)c3cc(O)ccc3c2)cc1. The van der Waals surface area contributed by atoms with Crippen LogP contribution in [-0.2, 0) is 0 Å². The summed E-state index contributed by atoms with van der Waals surface area (Å²) in [6.07, 6.45) is 0. The van der Waals surface area contributed by atoms with Crippen molar-refractivity contribution in [1.82, 2.24) is 0 Å². The summed E-state index contributed by atoms with van der Waals surface area (Å²) in [5, 5.41) is 19.3. The van der Waals surface area contributed by atoms with Gasteiger partial charge in [0.25, 0.3) is 0 Å². The molecule has 0 amide bonds. The van der Waals surface area contributed by atoms with E-state index in [1.54, 1.807) is 24.3 Å². The minimum atomic E-state index is -0.998. The number of benzene rings is 3. The lowest BCUT2D eigenvalue weighted by Crippen LogP contribution is -1.95. The van der Waals surface area contributed by atoms with Gasteiger partial charge in [0, 0.05) is 5.39 Å². The van der Waals surface area contributed by atoms with Crippen LogP contribution in [0.3, 0.4) is 0 Å². The van der Waals surface area contributed by atoms with E-state index in [1.165, 1.54) is 30.3 Å². The van der Waals surface area contributed by atoms with Crippen LogP contribution >= 0.6 is 0 Å². The van der Waals surface area contributed by atoms with Crippen LogP contribution in [0, 0.1) is 5.82 Å². The second kappa shape index (κ2) is 4.90. The first-order valence-corrected chi connectivity index (χ1v) is 6.30. The van der Waals surface area contributed by atoms with E-state index in [0.29, 0.717) is 16.3 Å². The van der Waals surface area contributed by atoms with Crippen LogP contribution in [0.25, 0.3) is 21.9 Å². The highest BCUT2D eigenvalue weighted by Crippen LogP contribution is 2.29. The summed E-state index contributed by atoms with van der Waals surface area (Å²) >= 11 is 0. The molecule has 0 aromatic heterocycles. The lowest BCUT2D eigenvalue weighted by atomic mass is 9.99. The van der Waals surface area contributed by atoms with Gasteiger partial charge in [0.1, 0.15) is 11.6 Å². The standard InChI is InChI=1S/C17H11FO3/c18-16-8-13(7-12-5-6-14(19)9-15(12)16)10-1-3-11(4-2-10)17(20)21/h1-9,19H,(H,20,21). The lowest BCUT2D eigenvalue weighted by molar-refractivity contribution is 0.0697. The molecule has 3 aromatic rings. The molecule has 0 atom stereocenters. The molecule has 4 heteroatoms. The molecular weight excluding hydrogens is 271 g/mol. The van der Waals surface area contributed by atoms with E-state index in [1.807, 2.05) is 0 Å². The summed E-state index contributed by atoms with van der Waals surface area (Å²) in [6.45, 7) is 0. The van der Waals surface area contributed by atoms with Gasteiger partial charge in [-0.05, 0) is 52.9 Å². The van der Waals surface area contributed by atoms with Crippen LogP contribution in [0.2, 0.25) is 0 Å². The maximum atomic E-state index is 14.1. The maximum absolute atomic E-state index is 14.1. The number of carboxylic acid groups (broad SMARTS) is 1. The van der Waals surface area contributed by atoms with Crippen molar-refractivity contribution >= 4 is 16.7 Å². The Morgan fingerprint density at radius 3 is 2.29 bits per heavy atom. The number of phenolic OH excluding ortho intramolecular Hbond substituents is 1. The van der Waals surface area contributed by atoms with E-state index in [-0.39, 0.29) is 11.3 Å². The van der Waals surface area contributed by atoms with Crippen molar-refractivity contribution in [3.63, 3.8) is 0 Å². The summed E-state index contributed by atoms with van der Waals surface area (Å²) in [7, 11) is 0. The molecule has 104 valence electrons. The van der Waals surface area contributed by atoms with Crippen LogP contribution in [-0.4, -0.2) is 16.2 Å². The third kappa shape index (κ3) is 2.43. The Morgan fingerprint density at radius 2 is 1.62 bits per heavy atom. The Balaban J connectivity index is 2.12. The summed E-state index contributed by atoms with van der Waals surface area (Å²) < 4.78 is 14.1. The van der Waals surface area contributed by atoms with Crippen molar-refractivity contribution in [2.45, 2.75) is 0 Å². The van der Waals surface area contributed by atoms with Gasteiger partial charge in [0.15, 0.2) is 0 Å². The molecule has 21 heavy (non-hydrogen) atoms. The molecule has 3 rings (SSSR count). The monoisotopic (exact) mass is 282 g/mol. The van der Waals surface area contributed by atoms with E-state index < -0.39 is 11.8 Å². The number of carbonyl (C=O) groups is 1. The first-order chi connectivity index (χ1) is 10.0. The second-order valence-electron chi connectivity index (χ2n) is 4.75. The van der Waals surface area contributed by atoms with Gasteiger partial charge in [-0.2, -0.15) is 0 Å². The number of carboxylic acids is 1. The zero-order chi connectivity index (χ0) is 15.0. The normalized spacial score (nSPS) is 10.7. The summed E-state index contributed by atoms with van der Waals surface area (Å²) in [6, 6.07) is 13.9. The number of aromatic carboxylic acids is 1. The number of rotatable bonds is 2. The number of phenols is 1. The Labute approximate surface area is 119 Å². The quantitative estimate of drug-likeness (QED) is 0.745. The molecule has 3 aromatic carbocycles. The fourth-order valence-electron chi connectivity index (χ4n) is 2.27. The highest BCUT2D eigenvalue weighted by atomic mass is 19.1. The van der Waals surface area contributed by atoms with Crippen molar-refractivity contribution in [2.24, 2.45) is 0 Å². The molecule has 0 radical (unpaired) electrons. The van der Waals surface area contributed by atoms with E-state index >= 15 is 0 Å². The predicted molar refractivity (Wildman–Crippen MR) is 78.0 cm³/mol. The average Bonchev–Trinajstić information content (AvgIpc) is 2.48. The molecule has 0 spiro atoms. The molecule has 2 N–H and O–H groups in total. The molecule has 0 fully saturated rings. The molecule has 0 heterocycles. The number of hydrogen-bond donors (Lipinski definition) is 2. The zero-order valence-corrected chi connectivity index (χ0v) is 10.9. The number of fused-ring (bicyclic) bond motifs is 1. The number of halogens is 1. The molecule has 0 aliphatic carbocycles. The van der Waals surface area contributed by atoms with E-state index in [4.69, 9.17) is 5.11 Å². The van der Waals surface area contributed by atoms with Crippen LogP contribution < -0.4 is 0 Å². The highest BCUT2D eigenvalue weighted by Gasteiger charge is 2.08. The van der Waals surface area contributed by atoms with Crippen LogP contribution in [0.1, 0.15) is 10.4 Å². The predicted octanol–water partition coefficient (Wildman–Crippen LogP) is 4.05. The van der Waals surface area contributed by atoms with Crippen molar-refractivity contribution in [3.8, 4) is 16.9 Å². The Kier molecular flexibility index (Phi) is 3.06. The van der Waals surface area contributed by atoms with E-state index in [9.17, 15) is 14.3 Å². The molecule has 0 aliphatic heterocycles. The maximum Gasteiger partial charge on any atom is 0.335 e. The van der Waals surface area contributed by atoms with Crippen LogP contribution in [0.4, 0.5) is 4.39 Å². The van der Waals surface area contributed by atoms with Crippen molar-refractivity contribution < 1.29 is 19.4 Å². The fraction of sp³-hybridized carbons (Fsp3) is 0. The average molecular weight is 282 g/mol. The molecule has 0 saturated heterocycles. The van der Waals surface area contributed by atoms with Crippen molar-refractivity contribution in [2.75, 3.05) is 0 Å². The van der Waals surface area contributed by atoms with E-state index in [2.05, 4.69) is 0 Å². The fourth-order valence-corrected chi connectivity index (χ4v) is 2.27. The van der Waals surface area contributed by atoms with Gasteiger partial charge < -0.3 is 10.2 Å². The molecule has 0 unspecified atom stereocenters. The van der Waals surface area contributed by atoms with Gasteiger partial charge in [-0.1, -0.05) is 18.2 Å². The molecule has 0 aliphatic rings. The minimum absolute atomic E-state index is 0.0139. The van der Waals surface area contributed by atoms with E-state index in [0.717, 1.165) is 5.56 Å². The Morgan fingerprint density at radius 1 is 0.905 bits per heavy atom. The first-order valence-electron chi connectivity index (χ1n) is 6.30. The zero-order valence-electron chi connectivity index (χ0n) is 10.9. The Hall–Kier alpha value is -2.88. The third-order valence-electron chi connectivity index (χ3n) is 3.35. The first kappa shape index (κ1) is 13.1. The van der Waals surface area contributed by atoms with Gasteiger partial charge in [0.2, 0.25) is 0 Å². The summed E-state index contributed by atoms with van der Waals surface area (Å²) in [5.41, 5.74) is 1.57. The number of aromatic hydroxyl groups is 1. The van der Waals surface area contributed by atoms with Crippen LogP contribution in [0.15, 0.2) is 54.6 Å².